The van der Waals surface area contributed by atoms with Gasteiger partial charge in [-0.25, -0.2) is 19.2 Å². The molecule has 262 valence electrons. The van der Waals surface area contributed by atoms with Crippen molar-refractivity contribution in [3.05, 3.63) is 142 Å². The molecule has 0 heterocycles. The zero-order chi connectivity index (χ0) is 37.0. The Hall–Kier alpha value is -8.02. The number of nitrogens with zero attached hydrogens (tertiary/aromatic N) is 2. The van der Waals surface area contributed by atoms with Crippen molar-refractivity contribution in [1.29, 1.82) is 0 Å². The van der Waals surface area contributed by atoms with Crippen LogP contribution in [0.25, 0.3) is 0 Å². The van der Waals surface area contributed by atoms with E-state index < -0.39 is 34.0 Å². The zero-order valence-corrected chi connectivity index (χ0v) is 26.7. The fraction of sp³-hybridized carbons (Fsp3) is 0. The fourth-order valence-electron chi connectivity index (χ4n) is 4.56. The van der Waals surface area contributed by atoms with E-state index in [2.05, 4.69) is 42.5 Å². The maximum atomic E-state index is 13.0. The van der Waals surface area contributed by atoms with E-state index in [-0.39, 0.29) is 45.5 Å². The molecule has 18 nitrogen and oxygen atoms in total. The Morgan fingerprint density at radius 1 is 0.346 bits per heavy atom. The summed E-state index contributed by atoms with van der Waals surface area (Å²) >= 11 is 0. The van der Waals surface area contributed by atoms with Gasteiger partial charge in [0.15, 0.2) is 0 Å². The largest absolute Gasteiger partial charge is 0.323 e. The summed E-state index contributed by atoms with van der Waals surface area (Å²) in [5.74, 6) is 0. The van der Waals surface area contributed by atoms with E-state index in [1.165, 1.54) is 48.5 Å². The third kappa shape index (κ3) is 9.76. The monoisotopic (exact) mass is 704 g/mol. The first kappa shape index (κ1) is 35.3. The summed E-state index contributed by atoms with van der Waals surface area (Å²) in [5, 5.41) is 42.7. The van der Waals surface area contributed by atoms with E-state index in [4.69, 9.17) is 0 Å². The van der Waals surface area contributed by atoms with Crippen molar-refractivity contribution in [2.45, 2.75) is 0 Å². The third-order valence-electron chi connectivity index (χ3n) is 6.94. The molecule has 0 saturated heterocycles. The van der Waals surface area contributed by atoms with Crippen LogP contribution in [0, 0.1) is 20.2 Å². The summed E-state index contributed by atoms with van der Waals surface area (Å²) in [6, 6.07) is 26.9. The molecular formula is C34H28N10O8. The summed E-state index contributed by atoms with van der Waals surface area (Å²) < 4.78 is 0. The van der Waals surface area contributed by atoms with Gasteiger partial charge in [0.2, 0.25) is 0 Å². The molecule has 5 rings (SSSR count). The normalized spacial score (nSPS) is 10.2. The van der Waals surface area contributed by atoms with Gasteiger partial charge in [-0.2, -0.15) is 0 Å². The number of para-hydroxylation sites is 6. The van der Waals surface area contributed by atoms with E-state index in [0.717, 1.165) is 0 Å². The number of hydrogen-bond donors (Lipinski definition) is 8. The Bertz CT molecular complexity index is 1990. The van der Waals surface area contributed by atoms with Gasteiger partial charge in [0, 0.05) is 35.6 Å². The number of anilines is 8. The van der Waals surface area contributed by atoms with Gasteiger partial charge >= 0.3 is 24.1 Å². The highest BCUT2D eigenvalue weighted by molar-refractivity contribution is 6.10. The Morgan fingerprint density at radius 2 is 0.558 bits per heavy atom. The molecule has 8 N–H and O–H groups in total. The van der Waals surface area contributed by atoms with Crippen molar-refractivity contribution in [3.8, 4) is 0 Å². The standard InChI is InChI=1S/C34H28N10O8/c45-31(35-21-13-17-23(18-14-21)43(49)50)37-25-7-1-3-9-27(25)39-33(47)41-29-11-5-6-12-30(29)42-34(48)40-28-10-4-2-8-26(28)38-32(46)36-22-15-19-24(20-16-22)44(51)52/h1-20H,(H2,35,37,45)(H2,36,38,46)(H2,39,41,47)(H2,40,42,48). The maximum Gasteiger partial charge on any atom is 0.323 e. The molecule has 0 fully saturated rings. The molecule has 0 aromatic heterocycles. The SMILES string of the molecule is O=C(Nc1ccc([N+](=O)[O-])cc1)Nc1ccccc1NC(=O)Nc1ccccc1NC(=O)Nc1ccccc1NC(=O)Nc1ccc([N+](=O)[O-])cc1. The van der Waals surface area contributed by atoms with E-state index in [9.17, 15) is 39.4 Å². The van der Waals surface area contributed by atoms with E-state index in [1.807, 2.05) is 0 Å². The average Bonchev–Trinajstić information content (AvgIpc) is 3.11. The number of nitrogens with one attached hydrogen (secondary N) is 8. The second kappa shape index (κ2) is 16.4. The molecule has 8 amide bonds. The third-order valence-corrected chi connectivity index (χ3v) is 6.94. The number of non-ortho nitro benzene ring substituents is 2. The molecular weight excluding hydrogens is 676 g/mol. The van der Waals surface area contributed by atoms with E-state index in [1.54, 1.807) is 72.8 Å². The first-order chi connectivity index (χ1) is 25.0. The molecule has 0 aliphatic rings. The van der Waals surface area contributed by atoms with Crippen LogP contribution in [0.1, 0.15) is 0 Å². The van der Waals surface area contributed by atoms with Crippen LogP contribution in [-0.2, 0) is 0 Å². The lowest BCUT2D eigenvalue weighted by atomic mass is 10.2. The van der Waals surface area contributed by atoms with Gasteiger partial charge in [0.1, 0.15) is 0 Å². The minimum absolute atomic E-state index is 0.132. The van der Waals surface area contributed by atoms with Gasteiger partial charge in [-0.3, -0.25) is 20.2 Å². The predicted molar refractivity (Wildman–Crippen MR) is 196 cm³/mol. The zero-order valence-electron chi connectivity index (χ0n) is 26.7. The van der Waals surface area contributed by atoms with Crippen LogP contribution in [-0.4, -0.2) is 34.0 Å². The molecule has 0 atom stereocenters. The number of hydrogen-bond acceptors (Lipinski definition) is 8. The number of nitro groups is 2. The van der Waals surface area contributed by atoms with Crippen molar-refractivity contribution >= 4 is 81.0 Å². The van der Waals surface area contributed by atoms with Gasteiger partial charge in [-0.1, -0.05) is 36.4 Å². The minimum Gasteiger partial charge on any atom is -0.308 e. The minimum atomic E-state index is -0.701. The van der Waals surface area contributed by atoms with Crippen LogP contribution < -0.4 is 42.5 Å². The Morgan fingerprint density at radius 3 is 0.769 bits per heavy atom. The molecule has 5 aromatic rings. The molecule has 0 aliphatic carbocycles. The number of rotatable bonds is 10. The summed E-state index contributed by atoms with van der Waals surface area (Å²) in [6.07, 6.45) is 0. The first-order valence-corrected chi connectivity index (χ1v) is 15.1. The van der Waals surface area contributed by atoms with Gasteiger partial charge in [0.25, 0.3) is 11.4 Å². The quantitative estimate of drug-likeness (QED) is 0.0520. The number of urea groups is 4. The summed E-state index contributed by atoms with van der Waals surface area (Å²) in [7, 11) is 0. The van der Waals surface area contributed by atoms with Gasteiger partial charge in [0.05, 0.1) is 44.0 Å². The molecule has 5 aromatic carbocycles. The maximum absolute atomic E-state index is 13.0. The van der Waals surface area contributed by atoms with Crippen LogP contribution >= 0.6 is 0 Å². The molecule has 0 saturated carbocycles. The van der Waals surface area contributed by atoms with Gasteiger partial charge in [-0.05, 0) is 60.7 Å². The second-order valence-corrected chi connectivity index (χ2v) is 10.6. The molecule has 0 unspecified atom stereocenters. The van der Waals surface area contributed by atoms with Crippen molar-refractivity contribution in [1.82, 2.24) is 0 Å². The molecule has 52 heavy (non-hydrogen) atoms. The van der Waals surface area contributed by atoms with E-state index in [0.29, 0.717) is 11.4 Å². The number of carbonyl (C=O) groups is 4. The number of nitro benzene ring substituents is 2. The summed E-state index contributed by atoms with van der Waals surface area (Å²) in [6.45, 7) is 0. The smallest absolute Gasteiger partial charge is 0.308 e. The molecule has 0 bridgehead atoms. The van der Waals surface area contributed by atoms with Crippen LogP contribution in [0.15, 0.2) is 121 Å². The Balaban J connectivity index is 1.17. The lowest BCUT2D eigenvalue weighted by Gasteiger charge is -2.16. The van der Waals surface area contributed by atoms with Crippen molar-refractivity contribution < 1.29 is 29.0 Å². The number of carbonyl (C=O) groups excluding carboxylic acids is 4. The highest BCUT2D eigenvalue weighted by Gasteiger charge is 2.15. The highest BCUT2D eigenvalue weighted by Crippen LogP contribution is 2.26. The summed E-state index contributed by atoms with van der Waals surface area (Å²) in [5.41, 5.74) is 1.78. The molecule has 0 radical (unpaired) electrons. The van der Waals surface area contributed by atoms with Gasteiger partial charge < -0.3 is 42.5 Å². The van der Waals surface area contributed by atoms with Crippen molar-refractivity contribution in [2.75, 3.05) is 42.5 Å². The first-order valence-electron chi connectivity index (χ1n) is 15.1. The Labute approximate surface area is 293 Å². The van der Waals surface area contributed by atoms with Crippen molar-refractivity contribution in [3.63, 3.8) is 0 Å². The van der Waals surface area contributed by atoms with Crippen molar-refractivity contribution in [2.24, 2.45) is 0 Å². The number of amides is 8. The highest BCUT2D eigenvalue weighted by atomic mass is 16.6. The van der Waals surface area contributed by atoms with Crippen LogP contribution in [0.5, 0.6) is 0 Å². The Kier molecular flexibility index (Phi) is 11.1. The predicted octanol–water partition coefficient (Wildman–Crippen LogP) is 8.08. The lowest BCUT2D eigenvalue weighted by molar-refractivity contribution is -0.385. The van der Waals surface area contributed by atoms with Crippen LogP contribution in [0.2, 0.25) is 0 Å². The topological polar surface area (TPSA) is 251 Å². The van der Waals surface area contributed by atoms with Crippen LogP contribution in [0.3, 0.4) is 0 Å². The fourth-order valence-corrected chi connectivity index (χ4v) is 4.56. The van der Waals surface area contributed by atoms with Crippen LogP contribution in [0.4, 0.5) is 76.1 Å². The average molecular weight is 705 g/mol. The lowest BCUT2D eigenvalue weighted by Crippen LogP contribution is -2.25. The second-order valence-electron chi connectivity index (χ2n) is 10.6. The molecule has 0 aliphatic heterocycles. The number of benzene rings is 5. The van der Waals surface area contributed by atoms with Gasteiger partial charge in [-0.15, -0.1) is 0 Å². The summed E-state index contributed by atoms with van der Waals surface area (Å²) in [4.78, 5) is 71.9. The molecule has 18 heteroatoms. The molecule has 0 spiro atoms. The van der Waals surface area contributed by atoms with E-state index >= 15 is 0 Å².